The van der Waals surface area contributed by atoms with Gasteiger partial charge in [-0.05, 0) is 23.8 Å². The quantitative estimate of drug-likeness (QED) is 0.769. The van der Waals surface area contributed by atoms with Gasteiger partial charge in [-0.2, -0.15) is 0 Å². The maximum absolute atomic E-state index is 4.48. The van der Waals surface area contributed by atoms with Gasteiger partial charge in [-0.15, -0.1) is 0 Å². The van der Waals surface area contributed by atoms with Crippen LogP contribution in [0.1, 0.15) is 5.56 Å². The molecule has 0 saturated carbocycles. The highest BCUT2D eigenvalue weighted by Gasteiger charge is 2.02. The van der Waals surface area contributed by atoms with Crippen molar-refractivity contribution in [2.24, 2.45) is 0 Å². The molecule has 0 aliphatic heterocycles. The molecule has 0 aliphatic carbocycles. The summed E-state index contributed by atoms with van der Waals surface area (Å²) >= 11 is 3.45. The van der Waals surface area contributed by atoms with Crippen molar-refractivity contribution >= 4 is 32.9 Å². The molecule has 0 spiro atoms. The summed E-state index contributed by atoms with van der Waals surface area (Å²) in [7, 11) is 0. The number of hydrogen-bond acceptors (Lipinski definition) is 2. The van der Waals surface area contributed by atoms with Crippen molar-refractivity contribution in [3.8, 4) is 0 Å². The minimum Gasteiger partial charge on any atom is -0.352 e. The van der Waals surface area contributed by atoms with E-state index in [-0.39, 0.29) is 0 Å². The van der Waals surface area contributed by atoms with Crippen LogP contribution < -0.4 is 5.32 Å². The topological polar surface area (TPSA) is 40.7 Å². The third-order valence-corrected chi connectivity index (χ3v) is 3.24. The van der Waals surface area contributed by atoms with Crippen LogP contribution in [0, 0.1) is 0 Å². The summed E-state index contributed by atoms with van der Waals surface area (Å²) in [5, 5.41) is 3.29. The standard InChI is InChI=1S/C14H12BrN3/c15-11-6-7-12-13(8-11)18-14(17-12)16-9-10-4-2-1-3-5-10/h1-8H,9H2,(H2,16,17,18). The Morgan fingerprint density at radius 1 is 1.11 bits per heavy atom. The molecule has 0 amide bonds. The molecule has 0 saturated heterocycles. The van der Waals surface area contributed by atoms with Crippen molar-refractivity contribution < 1.29 is 0 Å². The maximum atomic E-state index is 4.48. The first kappa shape index (κ1) is 11.3. The van der Waals surface area contributed by atoms with Crippen LogP contribution in [0.3, 0.4) is 0 Å². The highest BCUT2D eigenvalue weighted by molar-refractivity contribution is 9.10. The third kappa shape index (κ3) is 2.38. The molecule has 3 aromatic rings. The molecular weight excluding hydrogens is 290 g/mol. The largest absolute Gasteiger partial charge is 0.352 e. The van der Waals surface area contributed by atoms with Crippen LogP contribution in [0.15, 0.2) is 53.0 Å². The van der Waals surface area contributed by atoms with Crippen molar-refractivity contribution in [1.82, 2.24) is 9.97 Å². The van der Waals surface area contributed by atoms with Gasteiger partial charge in [0.05, 0.1) is 11.0 Å². The van der Waals surface area contributed by atoms with Gasteiger partial charge in [-0.3, -0.25) is 0 Å². The lowest BCUT2D eigenvalue weighted by Crippen LogP contribution is -2.00. The van der Waals surface area contributed by atoms with E-state index in [1.54, 1.807) is 0 Å². The van der Waals surface area contributed by atoms with Gasteiger partial charge in [-0.1, -0.05) is 46.3 Å². The van der Waals surface area contributed by atoms with Crippen LogP contribution in [0.4, 0.5) is 5.95 Å². The Morgan fingerprint density at radius 3 is 2.78 bits per heavy atom. The van der Waals surface area contributed by atoms with Crippen LogP contribution in [-0.2, 0) is 6.54 Å². The Morgan fingerprint density at radius 2 is 1.94 bits per heavy atom. The molecule has 0 aliphatic rings. The van der Waals surface area contributed by atoms with Crippen molar-refractivity contribution in [2.45, 2.75) is 6.54 Å². The monoisotopic (exact) mass is 301 g/mol. The van der Waals surface area contributed by atoms with Gasteiger partial charge in [-0.25, -0.2) is 4.98 Å². The number of rotatable bonds is 3. The molecule has 2 N–H and O–H groups in total. The summed E-state index contributed by atoms with van der Waals surface area (Å²) in [6, 6.07) is 16.3. The van der Waals surface area contributed by atoms with E-state index in [1.807, 2.05) is 36.4 Å². The Kier molecular flexibility index (Phi) is 3.02. The zero-order valence-corrected chi connectivity index (χ0v) is 11.2. The number of halogens is 1. The second kappa shape index (κ2) is 4.82. The molecule has 3 rings (SSSR count). The molecule has 90 valence electrons. The molecule has 4 heteroatoms. The Labute approximate surface area is 113 Å². The number of fused-ring (bicyclic) bond motifs is 1. The average molecular weight is 302 g/mol. The molecular formula is C14H12BrN3. The summed E-state index contributed by atoms with van der Waals surface area (Å²) in [5.74, 6) is 0.798. The van der Waals surface area contributed by atoms with Crippen molar-refractivity contribution in [3.05, 3.63) is 58.6 Å². The number of imidazole rings is 1. The number of H-pyrrole nitrogens is 1. The molecule has 0 unspecified atom stereocenters. The zero-order chi connectivity index (χ0) is 12.4. The zero-order valence-electron chi connectivity index (χ0n) is 9.65. The van der Waals surface area contributed by atoms with Gasteiger partial charge >= 0.3 is 0 Å². The lowest BCUT2D eigenvalue weighted by atomic mass is 10.2. The first-order valence-corrected chi connectivity index (χ1v) is 6.54. The van der Waals surface area contributed by atoms with E-state index in [9.17, 15) is 0 Å². The SMILES string of the molecule is Brc1ccc2nc(NCc3ccccc3)[nH]c2c1. The van der Waals surface area contributed by atoms with Crippen molar-refractivity contribution in [2.75, 3.05) is 5.32 Å². The van der Waals surface area contributed by atoms with Gasteiger partial charge in [0.1, 0.15) is 0 Å². The summed E-state index contributed by atoms with van der Waals surface area (Å²) in [6.07, 6.45) is 0. The predicted molar refractivity (Wildman–Crippen MR) is 77.6 cm³/mol. The fourth-order valence-electron chi connectivity index (χ4n) is 1.85. The number of hydrogen-bond donors (Lipinski definition) is 2. The number of benzene rings is 2. The van der Waals surface area contributed by atoms with Gasteiger partial charge in [0.25, 0.3) is 0 Å². The number of nitrogens with zero attached hydrogens (tertiary/aromatic N) is 1. The number of aromatic amines is 1. The van der Waals surface area contributed by atoms with E-state index in [1.165, 1.54) is 5.56 Å². The van der Waals surface area contributed by atoms with E-state index in [2.05, 4.69) is 43.3 Å². The Balaban J connectivity index is 1.79. The lowest BCUT2D eigenvalue weighted by molar-refractivity contribution is 1.10. The number of anilines is 1. The second-order valence-corrected chi connectivity index (χ2v) is 5.00. The Bertz CT molecular complexity index is 661. The van der Waals surface area contributed by atoms with E-state index in [4.69, 9.17) is 0 Å². The summed E-state index contributed by atoms with van der Waals surface area (Å²) in [4.78, 5) is 7.74. The van der Waals surface area contributed by atoms with E-state index in [0.29, 0.717) is 0 Å². The second-order valence-electron chi connectivity index (χ2n) is 4.09. The number of nitrogens with one attached hydrogen (secondary N) is 2. The molecule has 0 bridgehead atoms. The molecule has 2 aromatic carbocycles. The predicted octanol–water partition coefficient (Wildman–Crippen LogP) is 3.94. The minimum atomic E-state index is 0.766. The van der Waals surface area contributed by atoms with Crippen LogP contribution in [0.25, 0.3) is 11.0 Å². The van der Waals surface area contributed by atoms with E-state index >= 15 is 0 Å². The molecule has 0 atom stereocenters. The summed E-state index contributed by atoms with van der Waals surface area (Å²) < 4.78 is 1.05. The molecule has 0 fully saturated rings. The summed E-state index contributed by atoms with van der Waals surface area (Å²) in [5.41, 5.74) is 3.23. The minimum absolute atomic E-state index is 0.766. The highest BCUT2D eigenvalue weighted by atomic mass is 79.9. The van der Waals surface area contributed by atoms with Crippen LogP contribution >= 0.6 is 15.9 Å². The van der Waals surface area contributed by atoms with Gasteiger partial charge in [0.15, 0.2) is 0 Å². The smallest absolute Gasteiger partial charge is 0.201 e. The van der Waals surface area contributed by atoms with Gasteiger partial charge in [0.2, 0.25) is 5.95 Å². The molecule has 1 heterocycles. The van der Waals surface area contributed by atoms with Crippen LogP contribution in [0.2, 0.25) is 0 Å². The first-order valence-electron chi connectivity index (χ1n) is 5.74. The first-order chi connectivity index (χ1) is 8.81. The fourth-order valence-corrected chi connectivity index (χ4v) is 2.21. The van der Waals surface area contributed by atoms with Crippen LogP contribution in [0.5, 0.6) is 0 Å². The van der Waals surface area contributed by atoms with Gasteiger partial charge in [0, 0.05) is 11.0 Å². The van der Waals surface area contributed by atoms with Crippen molar-refractivity contribution in [1.29, 1.82) is 0 Å². The number of aromatic nitrogens is 2. The van der Waals surface area contributed by atoms with Crippen LogP contribution in [-0.4, -0.2) is 9.97 Å². The Hall–Kier alpha value is -1.81. The van der Waals surface area contributed by atoms with Gasteiger partial charge < -0.3 is 10.3 Å². The highest BCUT2D eigenvalue weighted by Crippen LogP contribution is 2.19. The average Bonchev–Trinajstić information content (AvgIpc) is 2.79. The fraction of sp³-hybridized carbons (Fsp3) is 0.0714. The molecule has 1 aromatic heterocycles. The third-order valence-electron chi connectivity index (χ3n) is 2.75. The maximum Gasteiger partial charge on any atom is 0.201 e. The van der Waals surface area contributed by atoms with Crippen molar-refractivity contribution in [3.63, 3.8) is 0 Å². The molecule has 0 radical (unpaired) electrons. The molecule has 3 nitrogen and oxygen atoms in total. The van der Waals surface area contributed by atoms with E-state index in [0.717, 1.165) is 28.0 Å². The summed E-state index contributed by atoms with van der Waals surface area (Å²) in [6.45, 7) is 0.766. The lowest BCUT2D eigenvalue weighted by Gasteiger charge is -2.01. The normalized spacial score (nSPS) is 10.7. The molecule has 18 heavy (non-hydrogen) atoms. The van der Waals surface area contributed by atoms with E-state index < -0.39 is 0 Å².